The molecule has 1 N–H and O–H groups in total. The van der Waals surface area contributed by atoms with E-state index in [0.29, 0.717) is 24.9 Å². The Hall–Kier alpha value is -2.14. The first-order valence-corrected chi connectivity index (χ1v) is 12.1. The van der Waals surface area contributed by atoms with Crippen molar-refractivity contribution in [2.75, 3.05) is 0 Å². The predicted octanol–water partition coefficient (Wildman–Crippen LogP) is 6.48. The van der Waals surface area contributed by atoms with Gasteiger partial charge in [-0.3, -0.25) is 4.79 Å². The fourth-order valence-electron chi connectivity index (χ4n) is 4.78. The molecule has 5 nitrogen and oxygen atoms in total. The highest BCUT2D eigenvalue weighted by Gasteiger charge is 2.26. The molecule has 3 rings (SSSR count). The van der Waals surface area contributed by atoms with E-state index in [1.54, 1.807) is 0 Å². The third-order valence-electron chi connectivity index (χ3n) is 6.63. The number of aryl methyl sites for hydroxylation is 2. The average Bonchev–Trinajstić information content (AvgIpc) is 3.10. The minimum atomic E-state index is -0.648. The topological polar surface area (TPSA) is 72.6 Å². The maximum Gasteiger partial charge on any atom is 0.306 e. The maximum atomic E-state index is 11.6. The number of oxazole rings is 1. The standard InChI is InChI=1S/C27H39NO4/c1-18(2)14-23(27(29)30)13-12-21-6-5-7-24(15-21)31-17-25-20(4)32-26(28-25)16-22-10-8-19(3)9-11-22/h8-11,18,21,23-24H,5-7,12-17H2,1-4H3,(H,29,30). The molecule has 0 aliphatic heterocycles. The lowest BCUT2D eigenvalue weighted by Crippen LogP contribution is -2.24. The number of ether oxygens (including phenoxy) is 1. The average molecular weight is 442 g/mol. The SMILES string of the molecule is Cc1ccc(Cc2nc(COC3CCCC(CCC(CC(C)C)C(=O)O)C3)c(C)o2)cc1. The first-order chi connectivity index (χ1) is 15.3. The number of carbonyl (C=O) groups is 1. The van der Waals surface area contributed by atoms with Crippen LogP contribution in [0.25, 0.3) is 0 Å². The minimum Gasteiger partial charge on any atom is -0.481 e. The van der Waals surface area contributed by atoms with Crippen LogP contribution in [0.2, 0.25) is 0 Å². The molecule has 2 aromatic rings. The van der Waals surface area contributed by atoms with Gasteiger partial charge in [-0.05, 0) is 63.4 Å². The monoisotopic (exact) mass is 441 g/mol. The van der Waals surface area contributed by atoms with E-state index < -0.39 is 5.97 Å². The molecule has 32 heavy (non-hydrogen) atoms. The summed E-state index contributed by atoms with van der Waals surface area (Å²) in [6, 6.07) is 8.44. The van der Waals surface area contributed by atoms with Crippen LogP contribution in [-0.2, 0) is 22.6 Å². The number of aromatic nitrogens is 1. The number of carboxylic acids is 1. The van der Waals surface area contributed by atoms with Crippen LogP contribution in [0.5, 0.6) is 0 Å². The normalized spacial score (nSPS) is 19.9. The Bertz CT molecular complexity index is 855. The molecule has 3 atom stereocenters. The van der Waals surface area contributed by atoms with Crippen molar-refractivity contribution in [3.05, 3.63) is 52.7 Å². The molecule has 0 saturated heterocycles. The van der Waals surface area contributed by atoms with Crippen LogP contribution < -0.4 is 0 Å². The second-order valence-corrected chi connectivity index (χ2v) is 9.98. The summed E-state index contributed by atoms with van der Waals surface area (Å²) in [6.45, 7) is 8.71. The van der Waals surface area contributed by atoms with Gasteiger partial charge in [-0.2, -0.15) is 0 Å². The maximum absolute atomic E-state index is 11.6. The molecule has 0 bridgehead atoms. The molecule has 1 saturated carbocycles. The van der Waals surface area contributed by atoms with Gasteiger partial charge in [-0.25, -0.2) is 4.98 Å². The summed E-state index contributed by atoms with van der Waals surface area (Å²) in [4.78, 5) is 16.2. The second kappa shape index (κ2) is 11.6. The van der Waals surface area contributed by atoms with Crippen molar-refractivity contribution in [1.29, 1.82) is 0 Å². The Labute approximate surface area is 192 Å². The fraction of sp³-hybridized carbons (Fsp3) is 0.630. The third kappa shape index (κ3) is 7.47. The quantitative estimate of drug-likeness (QED) is 0.432. The highest BCUT2D eigenvalue weighted by atomic mass is 16.5. The molecule has 3 unspecified atom stereocenters. The molecule has 1 fully saturated rings. The first-order valence-electron chi connectivity index (χ1n) is 12.1. The summed E-state index contributed by atoms with van der Waals surface area (Å²) in [5.74, 6) is 1.67. The predicted molar refractivity (Wildman–Crippen MR) is 126 cm³/mol. The lowest BCUT2D eigenvalue weighted by Gasteiger charge is -2.30. The van der Waals surface area contributed by atoms with E-state index >= 15 is 0 Å². The van der Waals surface area contributed by atoms with Gasteiger partial charge in [0.25, 0.3) is 0 Å². The molecule has 0 amide bonds. The van der Waals surface area contributed by atoms with Crippen molar-refractivity contribution in [3.63, 3.8) is 0 Å². The zero-order chi connectivity index (χ0) is 23.1. The summed E-state index contributed by atoms with van der Waals surface area (Å²) in [7, 11) is 0. The van der Waals surface area contributed by atoms with E-state index in [9.17, 15) is 9.90 Å². The van der Waals surface area contributed by atoms with Gasteiger partial charge in [0.05, 0.1) is 18.6 Å². The molecule has 1 aliphatic rings. The number of nitrogens with zero attached hydrogens (tertiary/aromatic N) is 1. The molecular weight excluding hydrogens is 402 g/mol. The van der Waals surface area contributed by atoms with Crippen LogP contribution in [0.3, 0.4) is 0 Å². The third-order valence-corrected chi connectivity index (χ3v) is 6.63. The van der Waals surface area contributed by atoms with Gasteiger partial charge in [0.1, 0.15) is 11.5 Å². The van der Waals surface area contributed by atoms with E-state index in [-0.39, 0.29) is 12.0 Å². The zero-order valence-electron chi connectivity index (χ0n) is 20.1. The summed E-state index contributed by atoms with van der Waals surface area (Å²) in [5.41, 5.74) is 3.32. The minimum absolute atomic E-state index is 0.221. The van der Waals surface area contributed by atoms with E-state index in [2.05, 4.69) is 50.0 Å². The van der Waals surface area contributed by atoms with Crippen molar-refractivity contribution in [2.45, 2.75) is 91.8 Å². The molecule has 5 heteroatoms. The number of aliphatic carboxylic acids is 1. The van der Waals surface area contributed by atoms with Crippen molar-refractivity contribution in [2.24, 2.45) is 17.8 Å². The molecule has 176 valence electrons. The van der Waals surface area contributed by atoms with Crippen LogP contribution in [-0.4, -0.2) is 22.2 Å². The summed E-state index contributed by atoms with van der Waals surface area (Å²) < 4.78 is 12.1. The Morgan fingerprint density at radius 3 is 2.66 bits per heavy atom. The summed E-state index contributed by atoms with van der Waals surface area (Å²) >= 11 is 0. The van der Waals surface area contributed by atoms with Crippen LogP contribution >= 0.6 is 0 Å². The highest BCUT2D eigenvalue weighted by molar-refractivity contribution is 5.69. The lowest BCUT2D eigenvalue weighted by molar-refractivity contribution is -0.142. The van der Waals surface area contributed by atoms with E-state index in [1.807, 2.05) is 6.92 Å². The smallest absolute Gasteiger partial charge is 0.306 e. The fourth-order valence-corrected chi connectivity index (χ4v) is 4.78. The Balaban J connectivity index is 1.47. The first kappa shape index (κ1) is 24.5. The molecule has 1 aliphatic carbocycles. The van der Waals surface area contributed by atoms with Gasteiger partial charge in [0, 0.05) is 6.42 Å². The van der Waals surface area contributed by atoms with Crippen LogP contribution in [0.1, 0.15) is 87.3 Å². The van der Waals surface area contributed by atoms with Gasteiger partial charge >= 0.3 is 5.97 Å². The number of hydrogen-bond acceptors (Lipinski definition) is 4. The van der Waals surface area contributed by atoms with E-state index in [1.165, 1.54) is 17.5 Å². The molecule has 1 heterocycles. The number of benzene rings is 1. The van der Waals surface area contributed by atoms with Gasteiger partial charge in [-0.1, -0.05) is 56.5 Å². The van der Waals surface area contributed by atoms with Crippen molar-refractivity contribution in [3.8, 4) is 0 Å². The van der Waals surface area contributed by atoms with E-state index in [0.717, 1.165) is 55.9 Å². The van der Waals surface area contributed by atoms with Crippen LogP contribution in [0.4, 0.5) is 0 Å². The lowest BCUT2D eigenvalue weighted by atomic mass is 9.81. The number of carboxylic acid groups (broad SMARTS) is 1. The largest absolute Gasteiger partial charge is 0.481 e. The van der Waals surface area contributed by atoms with Crippen molar-refractivity contribution >= 4 is 5.97 Å². The van der Waals surface area contributed by atoms with Crippen molar-refractivity contribution < 1.29 is 19.1 Å². The van der Waals surface area contributed by atoms with Gasteiger partial charge in [0.15, 0.2) is 5.89 Å². The highest BCUT2D eigenvalue weighted by Crippen LogP contribution is 2.32. The number of hydrogen-bond donors (Lipinski definition) is 1. The summed E-state index contributed by atoms with van der Waals surface area (Å²) in [5, 5.41) is 9.51. The van der Waals surface area contributed by atoms with Crippen LogP contribution in [0, 0.1) is 31.6 Å². The zero-order valence-corrected chi connectivity index (χ0v) is 20.1. The van der Waals surface area contributed by atoms with Gasteiger partial charge in [-0.15, -0.1) is 0 Å². The summed E-state index contributed by atoms with van der Waals surface area (Å²) in [6.07, 6.45) is 7.83. The molecule has 0 radical (unpaired) electrons. The molecule has 1 aromatic carbocycles. The Morgan fingerprint density at radius 1 is 1.22 bits per heavy atom. The second-order valence-electron chi connectivity index (χ2n) is 9.98. The van der Waals surface area contributed by atoms with Gasteiger partial charge < -0.3 is 14.3 Å². The molecule has 0 spiro atoms. The molecule has 1 aromatic heterocycles. The van der Waals surface area contributed by atoms with Crippen molar-refractivity contribution in [1.82, 2.24) is 4.98 Å². The Morgan fingerprint density at radius 2 is 1.97 bits per heavy atom. The van der Waals surface area contributed by atoms with E-state index in [4.69, 9.17) is 9.15 Å². The molecular formula is C27H39NO4. The van der Waals surface area contributed by atoms with Gasteiger partial charge in [0.2, 0.25) is 0 Å². The number of rotatable bonds is 11. The van der Waals surface area contributed by atoms with Crippen LogP contribution in [0.15, 0.2) is 28.7 Å². The Kier molecular flexibility index (Phi) is 8.92.